The molecule has 0 aromatic carbocycles. The van der Waals surface area contributed by atoms with E-state index >= 15 is 0 Å². The zero-order valence-electron chi connectivity index (χ0n) is 17.3. The molecule has 30 heavy (non-hydrogen) atoms. The molecule has 1 aliphatic carbocycles. The van der Waals surface area contributed by atoms with E-state index in [1.165, 1.54) is 18.4 Å². The highest BCUT2D eigenvalue weighted by Crippen LogP contribution is 2.36. The van der Waals surface area contributed by atoms with Crippen LogP contribution in [-0.4, -0.2) is 40.2 Å². The molecule has 2 atom stereocenters. The first-order valence-electron chi connectivity index (χ1n) is 10.8. The molecule has 8 nitrogen and oxygen atoms in total. The molecule has 1 saturated heterocycles. The predicted molar refractivity (Wildman–Crippen MR) is 112 cm³/mol. The summed E-state index contributed by atoms with van der Waals surface area (Å²) in [5.74, 6) is 1.43. The predicted octanol–water partition coefficient (Wildman–Crippen LogP) is 2.39. The molecule has 0 unspecified atom stereocenters. The zero-order chi connectivity index (χ0) is 20.7. The van der Waals surface area contributed by atoms with E-state index in [9.17, 15) is 9.59 Å². The molecule has 2 aromatic heterocycles. The van der Waals surface area contributed by atoms with Gasteiger partial charge >= 0.3 is 0 Å². The number of aromatic nitrogens is 3. The van der Waals surface area contributed by atoms with E-state index in [-0.39, 0.29) is 22.9 Å². The van der Waals surface area contributed by atoms with Crippen LogP contribution in [0.1, 0.15) is 60.0 Å². The van der Waals surface area contributed by atoms with Crippen molar-refractivity contribution < 1.29 is 9.32 Å². The number of piperidine rings is 1. The summed E-state index contributed by atoms with van der Waals surface area (Å²) < 4.78 is 6.94. The molecule has 158 valence electrons. The van der Waals surface area contributed by atoms with Gasteiger partial charge in [-0.25, -0.2) is 0 Å². The molecule has 5 rings (SSSR count). The van der Waals surface area contributed by atoms with E-state index in [4.69, 9.17) is 4.52 Å². The monoisotopic (exact) mass is 409 g/mol. The van der Waals surface area contributed by atoms with Crippen molar-refractivity contribution >= 4 is 11.9 Å². The van der Waals surface area contributed by atoms with E-state index < -0.39 is 0 Å². The molecule has 2 bridgehead atoms. The van der Waals surface area contributed by atoms with Crippen LogP contribution in [0.5, 0.6) is 0 Å². The lowest BCUT2D eigenvalue weighted by Crippen LogP contribution is -2.48. The van der Waals surface area contributed by atoms with E-state index in [0.29, 0.717) is 30.8 Å². The van der Waals surface area contributed by atoms with Crippen molar-refractivity contribution in [3.63, 3.8) is 0 Å². The number of fused-ring (bicyclic) bond motifs is 4. The Morgan fingerprint density at radius 1 is 1.27 bits per heavy atom. The van der Waals surface area contributed by atoms with Crippen LogP contribution in [0.25, 0.3) is 0 Å². The number of pyridine rings is 1. The number of hydrogen-bond donors (Lipinski definition) is 1. The van der Waals surface area contributed by atoms with Crippen LogP contribution < -0.4 is 15.8 Å². The third-order valence-corrected chi connectivity index (χ3v) is 6.51. The lowest BCUT2D eigenvalue weighted by atomic mass is 9.83. The Bertz CT molecular complexity index is 1050. The van der Waals surface area contributed by atoms with E-state index in [2.05, 4.69) is 26.4 Å². The Kier molecular flexibility index (Phi) is 4.92. The molecule has 0 spiro atoms. The van der Waals surface area contributed by atoms with Gasteiger partial charge in [0.1, 0.15) is 5.56 Å². The van der Waals surface area contributed by atoms with E-state index in [1.807, 2.05) is 10.6 Å². The van der Waals surface area contributed by atoms with Gasteiger partial charge < -0.3 is 19.3 Å². The van der Waals surface area contributed by atoms with Gasteiger partial charge in [0.05, 0.1) is 0 Å². The zero-order valence-corrected chi connectivity index (χ0v) is 17.3. The summed E-state index contributed by atoms with van der Waals surface area (Å²) in [6, 6.07) is 3.64. The second kappa shape index (κ2) is 7.74. The number of carbonyl (C=O) groups is 1. The van der Waals surface area contributed by atoms with Crippen molar-refractivity contribution in [2.24, 2.45) is 5.92 Å². The summed E-state index contributed by atoms with van der Waals surface area (Å²) in [7, 11) is 0. The number of amides is 1. The largest absolute Gasteiger partial charge is 0.348 e. The first-order chi connectivity index (χ1) is 14.6. The van der Waals surface area contributed by atoms with Crippen molar-refractivity contribution in [1.29, 1.82) is 0 Å². The summed E-state index contributed by atoms with van der Waals surface area (Å²) in [4.78, 5) is 32.3. The quantitative estimate of drug-likeness (QED) is 0.780. The maximum absolute atomic E-state index is 13.1. The second-order valence-electron chi connectivity index (χ2n) is 8.70. The highest BCUT2D eigenvalue weighted by molar-refractivity contribution is 5.94. The van der Waals surface area contributed by atoms with Crippen molar-refractivity contribution in [2.45, 2.75) is 51.5 Å². The third-order valence-electron chi connectivity index (χ3n) is 6.51. The highest BCUT2D eigenvalue weighted by Gasteiger charge is 2.36. The number of hydrogen-bond acceptors (Lipinski definition) is 6. The van der Waals surface area contributed by atoms with Gasteiger partial charge in [0.25, 0.3) is 17.4 Å². The fourth-order valence-electron chi connectivity index (χ4n) is 5.05. The fourth-order valence-corrected chi connectivity index (χ4v) is 5.05. The first kappa shape index (κ1) is 19.1. The van der Waals surface area contributed by atoms with Crippen LogP contribution in [-0.2, 0) is 6.54 Å². The van der Waals surface area contributed by atoms with Gasteiger partial charge in [0.2, 0.25) is 5.89 Å². The maximum Gasteiger partial charge on any atom is 0.266 e. The first-order valence-corrected chi connectivity index (χ1v) is 10.8. The smallest absolute Gasteiger partial charge is 0.266 e. The Morgan fingerprint density at radius 3 is 2.93 bits per heavy atom. The van der Waals surface area contributed by atoms with Crippen LogP contribution in [0, 0.1) is 12.8 Å². The molecular weight excluding hydrogens is 382 g/mol. The molecule has 1 amide bonds. The Morgan fingerprint density at radius 2 is 2.17 bits per heavy atom. The number of allylic oxidation sites excluding steroid dienone is 1. The molecule has 1 fully saturated rings. The SMILES string of the molecule is Cc1nc(N2C[C@@H]3C[C@H](C2)c2ccc(C(=O)NCC4=CCCCC4)c(=O)n2C3)no1. The molecule has 2 aliphatic heterocycles. The van der Waals surface area contributed by atoms with Gasteiger partial charge in [-0.15, -0.1) is 0 Å². The van der Waals surface area contributed by atoms with Crippen molar-refractivity contribution in [3.8, 4) is 0 Å². The minimum absolute atomic E-state index is 0.179. The minimum atomic E-state index is -0.276. The second-order valence-corrected chi connectivity index (χ2v) is 8.70. The highest BCUT2D eigenvalue weighted by atomic mass is 16.5. The van der Waals surface area contributed by atoms with E-state index in [0.717, 1.165) is 38.0 Å². The fraction of sp³-hybridized carbons (Fsp3) is 0.545. The summed E-state index contributed by atoms with van der Waals surface area (Å²) in [6.45, 7) is 4.46. The average Bonchev–Trinajstić information content (AvgIpc) is 3.20. The van der Waals surface area contributed by atoms with Crippen LogP contribution in [0.15, 0.2) is 33.1 Å². The van der Waals surface area contributed by atoms with Crippen LogP contribution in [0.2, 0.25) is 0 Å². The number of rotatable bonds is 4. The lowest BCUT2D eigenvalue weighted by Gasteiger charge is -2.42. The summed E-state index contributed by atoms with van der Waals surface area (Å²) in [6.07, 6.45) is 7.75. The topological polar surface area (TPSA) is 93.3 Å². The van der Waals surface area contributed by atoms with E-state index in [1.54, 1.807) is 13.0 Å². The number of carbonyl (C=O) groups excluding carboxylic acids is 1. The number of aryl methyl sites for hydroxylation is 1. The summed E-state index contributed by atoms with van der Waals surface area (Å²) in [5.41, 5.74) is 2.31. The van der Waals surface area contributed by atoms with Crippen LogP contribution in [0.4, 0.5) is 5.95 Å². The van der Waals surface area contributed by atoms with Gasteiger partial charge in [-0.2, -0.15) is 4.98 Å². The van der Waals surface area contributed by atoms with Gasteiger partial charge in [-0.05, 0) is 55.3 Å². The Hall–Kier alpha value is -2.90. The van der Waals surface area contributed by atoms with Gasteiger partial charge in [-0.1, -0.05) is 11.6 Å². The molecule has 4 heterocycles. The number of nitrogens with zero attached hydrogens (tertiary/aromatic N) is 4. The van der Waals surface area contributed by atoms with Crippen LogP contribution >= 0.6 is 0 Å². The number of anilines is 1. The molecule has 8 heteroatoms. The van der Waals surface area contributed by atoms with Crippen LogP contribution in [0.3, 0.4) is 0 Å². The standard InChI is InChI=1S/C22H27N5O3/c1-14-24-22(25-30-14)26-11-16-9-17(13-26)19-8-7-18(21(29)27(19)12-16)20(28)23-10-15-5-3-2-4-6-15/h5,7-8,16-17H,2-4,6,9-13H2,1H3,(H,23,28)/t16-,17+/m0/s1. The molecule has 3 aliphatic rings. The molecule has 1 N–H and O–H groups in total. The van der Waals surface area contributed by atoms with Crippen molar-refractivity contribution in [1.82, 2.24) is 20.0 Å². The van der Waals surface area contributed by atoms with Gasteiger partial charge in [0, 0.05) is 44.7 Å². The van der Waals surface area contributed by atoms with Crippen molar-refractivity contribution in [3.05, 3.63) is 51.3 Å². The molecular formula is C22H27N5O3. The molecule has 0 radical (unpaired) electrons. The molecule has 2 aromatic rings. The Balaban J connectivity index is 1.34. The molecule has 0 saturated carbocycles. The van der Waals surface area contributed by atoms with Gasteiger partial charge in [-0.3, -0.25) is 9.59 Å². The number of nitrogens with one attached hydrogen (secondary N) is 1. The summed E-state index contributed by atoms with van der Waals surface area (Å²) >= 11 is 0. The van der Waals surface area contributed by atoms with Crippen molar-refractivity contribution in [2.75, 3.05) is 24.5 Å². The van der Waals surface area contributed by atoms with Gasteiger partial charge in [0.15, 0.2) is 0 Å². The maximum atomic E-state index is 13.1. The lowest BCUT2D eigenvalue weighted by molar-refractivity contribution is 0.0953. The Labute approximate surface area is 175 Å². The average molecular weight is 409 g/mol. The third kappa shape index (κ3) is 3.55. The minimum Gasteiger partial charge on any atom is -0.348 e. The normalized spacial score (nSPS) is 23.0. The summed E-state index contributed by atoms with van der Waals surface area (Å²) in [5, 5.41) is 6.99.